The van der Waals surface area contributed by atoms with E-state index in [0.29, 0.717) is 11.3 Å². The van der Waals surface area contributed by atoms with Crippen molar-refractivity contribution in [2.45, 2.75) is 11.8 Å². The predicted molar refractivity (Wildman–Crippen MR) is 98.6 cm³/mol. The number of amides is 1. The Labute approximate surface area is 160 Å². The third-order valence-electron chi connectivity index (χ3n) is 3.83. The molecule has 1 heterocycles. The fraction of sp³-hybridized carbons (Fsp3) is 0.0526. The highest BCUT2D eigenvalue weighted by Gasteiger charge is 2.22. The molecule has 3 aromatic rings. The Morgan fingerprint density at radius 2 is 1.75 bits per heavy atom. The summed E-state index contributed by atoms with van der Waals surface area (Å²) in [5, 5.41) is 0. The number of carbonyl (C=O) groups excluding carboxylic acids is 1. The lowest BCUT2D eigenvalue weighted by Crippen LogP contribution is -2.42. The molecule has 6 nitrogen and oxygen atoms in total. The maximum atomic E-state index is 14.9. The lowest BCUT2D eigenvalue weighted by molar-refractivity contribution is 0.0941. The number of nitrogens with zero attached hydrogens (tertiary/aromatic N) is 1. The number of benzene rings is 2. The van der Waals surface area contributed by atoms with E-state index in [2.05, 4.69) is 4.98 Å². The van der Waals surface area contributed by atoms with Crippen molar-refractivity contribution >= 4 is 15.9 Å². The molecular weight excluding hydrogens is 388 g/mol. The summed E-state index contributed by atoms with van der Waals surface area (Å²) in [4.78, 5) is 17.6. The Morgan fingerprint density at radius 3 is 2.43 bits per heavy atom. The number of aryl methyl sites for hydroxylation is 1. The number of pyridine rings is 1. The predicted octanol–water partition coefficient (Wildman–Crippen LogP) is 2.96. The molecule has 0 bridgehead atoms. The van der Waals surface area contributed by atoms with Crippen molar-refractivity contribution in [1.29, 1.82) is 0 Å². The van der Waals surface area contributed by atoms with Gasteiger partial charge >= 0.3 is 0 Å². The third-order valence-corrected chi connectivity index (χ3v) is 5.11. The molecule has 1 amide bonds. The molecule has 28 heavy (non-hydrogen) atoms. The number of aromatic nitrogens is 1. The number of hydrogen-bond acceptors (Lipinski definition) is 4. The van der Waals surface area contributed by atoms with E-state index in [1.54, 1.807) is 30.0 Å². The minimum absolute atomic E-state index is 0.0997. The van der Waals surface area contributed by atoms with Gasteiger partial charge in [-0.2, -0.15) is 0 Å². The van der Waals surface area contributed by atoms with E-state index < -0.39 is 32.5 Å². The molecule has 0 spiro atoms. The summed E-state index contributed by atoms with van der Waals surface area (Å²) < 4.78 is 52.9. The van der Waals surface area contributed by atoms with E-state index in [-0.39, 0.29) is 11.1 Å². The molecule has 2 N–H and O–H groups in total. The lowest BCUT2D eigenvalue weighted by atomic mass is 10.0. The van der Waals surface area contributed by atoms with Crippen LogP contribution in [-0.2, 0) is 10.0 Å². The van der Waals surface area contributed by atoms with Gasteiger partial charge in [0.2, 0.25) is 0 Å². The number of carbonyl (C=O) groups is 1. The summed E-state index contributed by atoms with van der Waals surface area (Å²) in [6.07, 6.45) is 1.49. The third kappa shape index (κ3) is 4.05. The lowest BCUT2D eigenvalue weighted by Gasteiger charge is -2.12. The number of hydrogen-bond donors (Lipinski definition) is 2. The van der Waals surface area contributed by atoms with Crippen molar-refractivity contribution in [2.24, 2.45) is 0 Å². The highest BCUT2D eigenvalue weighted by Crippen LogP contribution is 2.25. The molecule has 9 heteroatoms. The number of sulfonamides is 1. The normalized spacial score (nSPS) is 11.2. The van der Waals surface area contributed by atoms with Crippen molar-refractivity contribution < 1.29 is 22.0 Å². The Balaban J connectivity index is 1.88. The zero-order valence-electron chi connectivity index (χ0n) is 14.6. The quantitative estimate of drug-likeness (QED) is 0.641. The Hall–Kier alpha value is -3.17. The molecule has 0 atom stereocenters. The van der Waals surface area contributed by atoms with Gasteiger partial charge in [0.25, 0.3) is 15.9 Å². The first-order chi connectivity index (χ1) is 13.3. The maximum absolute atomic E-state index is 14.9. The summed E-state index contributed by atoms with van der Waals surface area (Å²) in [7, 11) is -4.37. The molecule has 0 saturated heterocycles. The van der Waals surface area contributed by atoms with Crippen LogP contribution in [0.15, 0.2) is 65.7 Å². The van der Waals surface area contributed by atoms with Gasteiger partial charge < -0.3 is 0 Å². The zero-order chi connectivity index (χ0) is 20.3. The first-order valence-corrected chi connectivity index (χ1v) is 9.56. The van der Waals surface area contributed by atoms with E-state index in [9.17, 15) is 22.0 Å². The molecule has 3 rings (SSSR count). The molecule has 144 valence electrons. The van der Waals surface area contributed by atoms with Crippen molar-refractivity contribution in [3.63, 3.8) is 0 Å². The van der Waals surface area contributed by atoms with Crippen LogP contribution in [0.4, 0.5) is 8.78 Å². The molecule has 0 aliphatic rings. The van der Waals surface area contributed by atoms with Crippen molar-refractivity contribution in [1.82, 2.24) is 15.2 Å². The Morgan fingerprint density at radius 1 is 1.04 bits per heavy atom. The highest BCUT2D eigenvalue weighted by atomic mass is 32.2. The molecule has 0 aliphatic heterocycles. The first kappa shape index (κ1) is 19.6. The smallest absolute Gasteiger partial charge is 0.269 e. The van der Waals surface area contributed by atoms with Crippen LogP contribution in [0, 0.1) is 18.6 Å². The van der Waals surface area contributed by atoms with Gasteiger partial charge in [-0.15, -0.1) is 4.83 Å². The van der Waals surface area contributed by atoms with E-state index in [1.165, 1.54) is 30.5 Å². The number of halogens is 2. The van der Waals surface area contributed by atoms with Crippen LogP contribution in [0.5, 0.6) is 0 Å². The topological polar surface area (TPSA) is 88.2 Å². The molecule has 0 unspecified atom stereocenters. The van der Waals surface area contributed by atoms with Gasteiger partial charge in [0.1, 0.15) is 16.5 Å². The van der Waals surface area contributed by atoms with E-state index in [1.807, 2.05) is 5.43 Å². The van der Waals surface area contributed by atoms with Crippen molar-refractivity contribution in [3.8, 4) is 11.3 Å². The first-order valence-electron chi connectivity index (χ1n) is 8.08. The van der Waals surface area contributed by atoms with Crippen LogP contribution < -0.4 is 10.3 Å². The minimum Gasteiger partial charge on any atom is -0.273 e. The van der Waals surface area contributed by atoms with Crippen LogP contribution in [-0.4, -0.2) is 19.3 Å². The highest BCUT2D eigenvalue weighted by molar-refractivity contribution is 7.89. The van der Waals surface area contributed by atoms with Gasteiger partial charge in [-0.3, -0.25) is 15.2 Å². The van der Waals surface area contributed by atoms with Crippen LogP contribution in [0.2, 0.25) is 0 Å². The molecular formula is C19H15F2N3O3S. The molecule has 0 aliphatic carbocycles. The molecule has 2 aromatic carbocycles. The molecule has 1 aromatic heterocycles. The van der Waals surface area contributed by atoms with Gasteiger partial charge in [0.15, 0.2) is 0 Å². The summed E-state index contributed by atoms with van der Waals surface area (Å²) in [6, 6.07) is 12.4. The number of nitrogens with one attached hydrogen (secondary N) is 2. The Bertz CT molecular complexity index is 1140. The second kappa shape index (κ2) is 7.83. The molecule has 0 saturated carbocycles. The van der Waals surface area contributed by atoms with Crippen molar-refractivity contribution in [2.75, 3.05) is 0 Å². The van der Waals surface area contributed by atoms with Gasteiger partial charge in [0, 0.05) is 11.8 Å². The fourth-order valence-corrected chi connectivity index (χ4v) is 3.46. The monoisotopic (exact) mass is 403 g/mol. The SMILES string of the molecule is Cc1cc(C(=O)NNS(=O)(=O)c2ccccc2F)c(F)c(-c2ccccn2)c1. The second-order valence-corrected chi connectivity index (χ2v) is 7.53. The minimum atomic E-state index is -4.37. The van der Waals surface area contributed by atoms with Crippen LogP contribution in [0.25, 0.3) is 11.3 Å². The average Bonchev–Trinajstić information content (AvgIpc) is 2.68. The van der Waals surface area contributed by atoms with Gasteiger partial charge in [0.05, 0.1) is 11.3 Å². The van der Waals surface area contributed by atoms with Crippen molar-refractivity contribution in [3.05, 3.63) is 83.6 Å². The Kier molecular flexibility index (Phi) is 5.48. The summed E-state index contributed by atoms with van der Waals surface area (Å²) in [5.41, 5.74) is 2.53. The number of hydrazine groups is 1. The van der Waals surface area contributed by atoms with Gasteiger partial charge in [-0.1, -0.05) is 18.2 Å². The van der Waals surface area contributed by atoms with Gasteiger partial charge in [-0.05, 0) is 48.9 Å². The second-order valence-electron chi connectivity index (χ2n) is 5.88. The standard InChI is InChI=1S/C19H15F2N3O3S/c1-12-10-13(16-7-4-5-9-22-16)18(21)14(11-12)19(25)23-24-28(26,27)17-8-3-2-6-15(17)20/h2-11,24H,1H3,(H,23,25). The van der Waals surface area contributed by atoms with Crippen LogP contribution >= 0.6 is 0 Å². The summed E-state index contributed by atoms with van der Waals surface area (Å²) in [5.74, 6) is -2.87. The van der Waals surface area contributed by atoms with E-state index in [0.717, 1.165) is 12.1 Å². The van der Waals surface area contributed by atoms with Crippen LogP contribution in [0.1, 0.15) is 15.9 Å². The fourth-order valence-electron chi connectivity index (χ4n) is 2.54. The zero-order valence-corrected chi connectivity index (χ0v) is 15.4. The summed E-state index contributed by atoms with van der Waals surface area (Å²) in [6.45, 7) is 1.66. The maximum Gasteiger partial charge on any atom is 0.269 e. The average molecular weight is 403 g/mol. The van der Waals surface area contributed by atoms with E-state index >= 15 is 0 Å². The largest absolute Gasteiger partial charge is 0.273 e. The van der Waals surface area contributed by atoms with Gasteiger partial charge in [-0.25, -0.2) is 17.2 Å². The molecule has 0 radical (unpaired) electrons. The number of rotatable bonds is 5. The van der Waals surface area contributed by atoms with Crippen LogP contribution in [0.3, 0.4) is 0 Å². The van der Waals surface area contributed by atoms with E-state index in [4.69, 9.17) is 0 Å². The summed E-state index contributed by atoms with van der Waals surface area (Å²) >= 11 is 0. The molecule has 0 fully saturated rings.